The van der Waals surface area contributed by atoms with Gasteiger partial charge in [0, 0.05) is 0 Å². The lowest BCUT2D eigenvalue weighted by atomic mass is 9.80. The van der Waals surface area contributed by atoms with Gasteiger partial charge in [-0.3, -0.25) is 0 Å². The van der Waals surface area contributed by atoms with Gasteiger partial charge in [-0.25, -0.2) is 8.78 Å². The monoisotopic (exact) mass is 314 g/mol. The van der Waals surface area contributed by atoms with Crippen LogP contribution in [0.25, 0.3) is 0 Å². The molecule has 1 saturated carbocycles. The molecule has 0 bridgehead atoms. The molecule has 3 heteroatoms. The molecule has 0 saturated heterocycles. The van der Waals surface area contributed by atoms with Crippen LogP contribution in [0.3, 0.4) is 0 Å². The third kappa shape index (κ3) is 7.42. The fourth-order valence-electron chi connectivity index (χ4n) is 3.18. The molecule has 0 atom stereocenters. The zero-order valence-corrected chi connectivity index (χ0v) is 14.3. The minimum absolute atomic E-state index is 0.331. The molecule has 0 aromatic rings. The van der Waals surface area contributed by atoms with Crippen LogP contribution in [-0.4, -0.2) is 20.0 Å². The Hall–Kier alpha value is -0.860. The first-order valence-corrected chi connectivity index (χ1v) is 8.86. The maximum atomic E-state index is 13.0. The van der Waals surface area contributed by atoms with E-state index in [2.05, 4.69) is 6.92 Å². The van der Waals surface area contributed by atoms with E-state index in [1.807, 2.05) is 6.92 Å². The molecule has 0 aromatic heterocycles. The van der Waals surface area contributed by atoms with Crippen LogP contribution in [0.4, 0.5) is 8.78 Å². The van der Waals surface area contributed by atoms with E-state index in [9.17, 15) is 8.78 Å². The molecule has 1 aliphatic carbocycles. The SMILES string of the molecule is CCC/C(=C/C=C(\CF)OCC1CCC(CCC)CC1)CF. The standard InChI is InChI=1S/C19H32F2O/c1-3-5-16-7-9-18(10-8-16)15-22-19(14-21)12-11-17(13-20)6-4-2/h11-12,16,18H,3-10,13-15H2,1-2H3/b17-11-,19-12+. The molecule has 1 nitrogen and oxygen atoms in total. The Balaban J connectivity index is 2.37. The largest absolute Gasteiger partial charge is 0.495 e. The van der Waals surface area contributed by atoms with Gasteiger partial charge in [0.25, 0.3) is 0 Å². The summed E-state index contributed by atoms with van der Waals surface area (Å²) in [6, 6.07) is 0. The van der Waals surface area contributed by atoms with E-state index < -0.39 is 13.3 Å². The highest BCUT2D eigenvalue weighted by Gasteiger charge is 2.21. The summed E-state index contributed by atoms with van der Waals surface area (Å²) in [5.41, 5.74) is 0.706. The predicted octanol–water partition coefficient (Wildman–Crippen LogP) is 6.16. The number of hydrogen-bond donors (Lipinski definition) is 0. The Bertz CT molecular complexity index is 341. The molecule has 0 aromatic carbocycles. The van der Waals surface area contributed by atoms with E-state index in [4.69, 9.17) is 4.74 Å². The van der Waals surface area contributed by atoms with E-state index in [0.717, 1.165) is 12.3 Å². The zero-order valence-electron chi connectivity index (χ0n) is 14.3. The van der Waals surface area contributed by atoms with Crippen LogP contribution in [0.15, 0.2) is 23.5 Å². The Morgan fingerprint density at radius 3 is 2.18 bits per heavy atom. The lowest BCUT2D eigenvalue weighted by Gasteiger charge is -2.28. The minimum atomic E-state index is -0.618. The molecule has 0 spiro atoms. The first kappa shape index (κ1) is 19.2. The average molecular weight is 314 g/mol. The molecule has 0 heterocycles. The quantitative estimate of drug-likeness (QED) is 0.346. The van der Waals surface area contributed by atoms with Crippen molar-refractivity contribution >= 4 is 0 Å². The van der Waals surface area contributed by atoms with Crippen molar-refractivity contribution in [3.8, 4) is 0 Å². The van der Waals surface area contributed by atoms with Crippen molar-refractivity contribution in [2.24, 2.45) is 11.8 Å². The molecule has 0 amide bonds. The van der Waals surface area contributed by atoms with Gasteiger partial charge in [-0.05, 0) is 42.7 Å². The third-order valence-corrected chi connectivity index (χ3v) is 4.55. The maximum absolute atomic E-state index is 13.0. The highest BCUT2D eigenvalue weighted by molar-refractivity contribution is 5.15. The van der Waals surface area contributed by atoms with Crippen molar-refractivity contribution in [1.29, 1.82) is 0 Å². The molecule has 0 radical (unpaired) electrons. The van der Waals surface area contributed by atoms with Gasteiger partial charge in [0.05, 0.1) is 6.61 Å². The number of allylic oxidation sites excluding steroid dienone is 4. The minimum Gasteiger partial charge on any atom is -0.495 e. The highest BCUT2D eigenvalue weighted by atomic mass is 19.1. The fourth-order valence-corrected chi connectivity index (χ4v) is 3.18. The third-order valence-electron chi connectivity index (χ3n) is 4.55. The molecule has 128 valence electrons. The van der Waals surface area contributed by atoms with Crippen molar-refractivity contribution in [3.63, 3.8) is 0 Å². The molecular weight excluding hydrogens is 282 g/mol. The Morgan fingerprint density at radius 1 is 0.955 bits per heavy atom. The smallest absolute Gasteiger partial charge is 0.146 e. The van der Waals surface area contributed by atoms with Crippen LogP contribution in [-0.2, 0) is 4.74 Å². The number of ether oxygens (including phenoxy) is 1. The summed E-state index contributed by atoms with van der Waals surface area (Å²) in [5.74, 6) is 1.75. The number of hydrogen-bond acceptors (Lipinski definition) is 1. The Labute approximate surface area is 134 Å². The summed E-state index contributed by atoms with van der Waals surface area (Å²) >= 11 is 0. The van der Waals surface area contributed by atoms with E-state index in [1.54, 1.807) is 12.2 Å². The number of rotatable bonds is 10. The molecule has 0 unspecified atom stereocenters. The summed E-state index contributed by atoms with van der Waals surface area (Å²) in [7, 11) is 0. The van der Waals surface area contributed by atoms with Crippen LogP contribution < -0.4 is 0 Å². The van der Waals surface area contributed by atoms with E-state index >= 15 is 0 Å². The summed E-state index contributed by atoms with van der Waals surface area (Å²) in [6.07, 6.45) is 12.4. The number of halogens is 2. The fraction of sp³-hybridized carbons (Fsp3) is 0.789. The van der Waals surface area contributed by atoms with Gasteiger partial charge < -0.3 is 4.74 Å². The first-order chi connectivity index (χ1) is 10.7. The summed E-state index contributed by atoms with van der Waals surface area (Å²) in [6.45, 7) is 3.76. The molecule has 1 fully saturated rings. The van der Waals surface area contributed by atoms with Crippen molar-refractivity contribution in [1.82, 2.24) is 0 Å². The molecule has 0 aliphatic heterocycles. The second kappa shape index (κ2) is 11.7. The lowest BCUT2D eigenvalue weighted by Crippen LogP contribution is -2.18. The Morgan fingerprint density at radius 2 is 1.64 bits per heavy atom. The van der Waals surface area contributed by atoms with Crippen LogP contribution in [0.1, 0.15) is 65.2 Å². The summed E-state index contributed by atoms with van der Waals surface area (Å²) in [5, 5.41) is 0. The van der Waals surface area contributed by atoms with E-state index in [1.165, 1.54) is 38.5 Å². The van der Waals surface area contributed by atoms with Gasteiger partial charge in [0.1, 0.15) is 19.1 Å². The molecule has 22 heavy (non-hydrogen) atoms. The second-order valence-electron chi connectivity index (χ2n) is 6.46. The van der Waals surface area contributed by atoms with E-state index in [0.29, 0.717) is 30.3 Å². The maximum Gasteiger partial charge on any atom is 0.146 e. The summed E-state index contributed by atoms with van der Waals surface area (Å²) < 4.78 is 31.4. The highest BCUT2D eigenvalue weighted by Crippen LogP contribution is 2.31. The van der Waals surface area contributed by atoms with Gasteiger partial charge in [-0.1, -0.05) is 52.0 Å². The van der Waals surface area contributed by atoms with Gasteiger partial charge in [0.2, 0.25) is 0 Å². The van der Waals surface area contributed by atoms with Crippen molar-refractivity contribution in [3.05, 3.63) is 23.5 Å². The van der Waals surface area contributed by atoms with Gasteiger partial charge in [-0.15, -0.1) is 0 Å². The Kier molecular flexibility index (Phi) is 10.2. The van der Waals surface area contributed by atoms with E-state index in [-0.39, 0.29) is 0 Å². The van der Waals surface area contributed by atoms with Crippen LogP contribution in [0.2, 0.25) is 0 Å². The molecule has 1 rings (SSSR count). The van der Waals surface area contributed by atoms with Gasteiger partial charge in [-0.2, -0.15) is 0 Å². The predicted molar refractivity (Wildman–Crippen MR) is 89.3 cm³/mol. The van der Waals surface area contributed by atoms with Crippen molar-refractivity contribution in [2.75, 3.05) is 20.0 Å². The second-order valence-corrected chi connectivity index (χ2v) is 6.46. The van der Waals surface area contributed by atoms with Crippen LogP contribution in [0.5, 0.6) is 0 Å². The molecular formula is C19H32F2O. The van der Waals surface area contributed by atoms with Crippen molar-refractivity contribution < 1.29 is 13.5 Å². The van der Waals surface area contributed by atoms with Gasteiger partial charge >= 0.3 is 0 Å². The molecule has 1 aliphatic rings. The topological polar surface area (TPSA) is 9.23 Å². The lowest BCUT2D eigenvalue weighted by molar-refractivity contribution is 0.116. The van der Waals surface area contributed by atoms with Crippen LogP contribution >= 0.6 is 0 Å². The zero-order chi connectivity index (χ0) is 16.2. The normalized spacial score (nSPS) is 23.6. The first-order valence-electron chi connectivity index (χ1n) is 8.86. The summed E-state index contributed by atoms with van der Waals surface area (Å²) in [4.78, 5) is 0. The van der Waals surface area contributed by atoms with Crippen LogP contribution in [0, 0.1) is 11.8 Å². The van der Waals surface area contributed by atoms with Crippen molar-refractivity contribution in [2.45, 2.75) is 65.2 Å². The molecule has 0 N–H and O–H groups in total. The van der Waals surface area contributed by atoms with Gasteiger partial charge in [0.15, 0.2) is 0 Å². The number of alkyl halides is 2. The average Bonchev–Trinajstić information content (AvgIpc) is 2.55.